The van der Waals surface area contributed by atoms with Crippen LogP contribution in [0.1, 0.15) is 41.7 Å². The lowest BCUT2D eigenvalue weighted by Crippen LogP contribution is -2.29. The highest BCUT2D eigenvalue weighted by atomic mass is 35.5. The lowest BCUT2D eigenvalue weighted by atomic mass is 10.1. The van der Waals surface area contributed by atoms with Crippen LogP contribution in [0.5, 0.6) is 0 Å². The van der Waals surface area contributed by atoms with Crippen LogP contribution in [-0.4, -0.2) is 41.3 Å². The number of carbonyl (C=O) groups excluding carboxylic acids is 1. The van der Waals surface area contributed by atoms with Crippen molar-refractivity contribution in [1.82, 2.24) is 19.2 Å². The molecule has 1 amide bonds. The molecule has 1 atom stereocenters. The van der Waals surface area contributed by atoms with E-state index in [1.165, 1.54) is 22.5 Å². The lowest BCUT2D eigenvalue weighted by Gasteiger charge is -2.18. The number of nitrogens with zero attached hydrogens (tertiary/aromatic N) is 3. The molecule has 31 heavy (non-hydrogen) atoms. The van der Waals surface area contributed by atoms with E-state index in [9.17, 15) is 13.2 Å². The molecule has 1 saturated heterocycles. The van der Waals surface area contributed by atoms with Crippen molar-refractivity contribution in [2.75, 3.05) is 13.1 Å². The zero-order chi connectivity index (χ0) is 22.0. The van der Waals surface area contributed by atoms with Crippen LogP contribution in [-0.2, 0) is 10.0 Å². The highest BCUT2D eigenvalue weighted by Gasteiger charge is 2.29. The Labute approximate surface area is 186 Å². The maximum atomic E-state index is 12.9. The van der Waals surface area contributed by atoms with Gasteiger partial charge in [-0.25, -0.2) is 13.4 Å². The summed E-state index contributed by atoms with van der Waals surface area (Å²) in [7, 11) is -3.72. The number of benzene rings is 2. The second kappa shape index (κ2) is 8.82. The molecule has 162 valence electrons. The molecular weight excluding hydrogens is 436 g/mol. The van der Waals surface area contributed by atoms with E-state index >= 15 is 0 Å². The molecule has 0 spiro atoms. The van der Waals surface area contributed by atoms with Gasteiger partial charge in [0.2, 0.25) is 10.0 Å². The monoisotopic (exact) mass is 458 g/mol. The van der Waals surface area contributed by atoms with E-state index in [1.54, 1.807) is 12.5 Å². The first-order valence-electron chi connectivity index (χ1n) is 10.0. The predicted molar refractivity (Wildman–Crippen MR) is 119 cm³/mol. The zero-order valence-electron chi connectivity index (χ0n) is 17.0. The summed E-state index contributed by atoms with van der Waals surface area (Å²) in [6.45, 7) is 2.82. The Morgan fingerprint density at radius 3 is 2.48 bits per heavy atom. The molecule has 4 rings (SSSR count). The average molecular weight is 459 g/mol. The molecule has 1 aliphatic heterocycles. The predicted octanol–water partition coefficient (Wildman–Crippen LogP) is 3.80. The number of rotatable bonds is 6. The number of amides is 1. The van der Waals surface area contributed by atoms with Crippen molar-refractivity contribution in [3.8, 4) is 5.69 Å². The van der Waals surface area contributed by atoms with Crippen LogP contribution in [0.2, 0.25) is 5.02 Å². The first kappa shape index (κ1) is 21.5. The Kier molecular flexibility index (Phi) is 6.13. The number of aromatic nitrogens is 2. The summed E-state index contributed by atoms with van der Waals surface area (Å²) in [5, 5.41) is 3.04. The van der Waals surface area contributed by atoms with Crippen LogP contribution >= 0.6 is 11.6 Å². The van der Waals surface area contributed by atoms with Gasteiger partial charge in [-0.05, 0) is 55.7 Å². The SMILES string of the molecule is C[C@@H](NC(=O)c1ccc(Cl)c(S(=O)(=O)N2CCCC2)c1)c1ccc(-n2ccnc2)cc1. The molecule has 7 nitrogen and oxygen atoms in total. The van der Waals surface area contributed by atoms with Crippen molar-refractivity contribution < 1.29 is 13.2 Å². The van der Waals surface area contributed by atoms with Gasteiger partial charge in [-0.3, -0.25) is 4.79 Å². The van der Waals surface area contributed by atoms with Crippen molar-refractivity contribution in [3.05, 3.63) is 77.3 Å². The standard InChI is InChI=1S/C22H23ClN4O3S/c1-16(17-4-7-19(8-5-17)26-13-10-24-15-26)25-22(28)18-6-9-20(23)21(14-18)31(29,30)27-11-2-3-12-27/h4-10,13-16H,2-3,11-12H2,1H3,(H,25,28)/t16-/m1/s1. The lowest BCUT2D eigenvalue weighted by molar-refractivity contribution is 0.0939. The third-order valence-corrected chi connectivity index (χ3v) is 7.80. The van der Waals surface area contributed by atoms with Gasteiger partial charge in [-0.15, -0.1) is 0 Å². The maximum Gasteiger partial charge on any atom is 0.251 e. The Hall–Kier alpha value is -2.68. The highest BCUT2D eigenvalue weighted by molar-refractivity contribution is 7.89. The van der Waals surface area contributed by atoms with Crippen LogP contribution in [0, 0.1) is 0 Å². The van der Waals surface area contributed by atoms with Crippen molar-refractivity contribution >= 4 is 27.5 Å². The second-order valence-electron chi connectivity index (χ2n) is 7.51. The maximum absolute atomic E-state index is 12.9. The third-order valence-electron chi connectivity index (χ3n) is 5.42. The minimum absolute atomic E-state index is 0.0268. The number of hydrogen-bond donors (Lipinski definition) is 1. The van der Waals surface area contributed by atoms with Crippen molar-refractivity contribution in [2.45, 2.75) is 30.7 Å². The number of nitrogens with one attached hydrogen (secondary N) is 1. The third kappa shape index (κ3) is 4.51. The van der Waals surface area contributed by atoms with Gasteiger partial charge in [0.1, 0.15) is 4.90 Å². The van der Waals surface area contributed by atoms with E-state index in [2.05, 4.69) is 10.3 Å². The summed E-state index contributed by atoms with van der Waals surface area (Å²) in [6.07, 6.45) is 6.94. The van der Waals surface area contributed by atoms with Crippen LogP contribution in [0.4, 0.5) is 0 Å². The molecule has 1 aromatic heterocycles. The summed E-state index contributed by atoms with van der Waals surface area (Å²) in [4.78, 5) is 16.8. The molecule has 0 aliphatic carbocycles. The topological polar surface area (TPSA) is 84.3 Å². The van der Waals surface area contributed by atoms with Gasteiger partial charge >= 0.3 is 0 Å². The molecule has 0 bridgehead atoms. The molecule has 1 fully saturated rings. The molecule has 1 N–H and O–H groups in total. The second-order valence-corrected chi connectivity index (χ2v) is 9.83. The van der Waals surface area contributed by atoms with Crippen LogP contribution in [0.3, 0.4) is 0 Å². The average Bonchev–Trinajstić information content (AvgIpc) is 3.48. The molecular formula is C22H23ClN4O3S. The summed E-state index contributed by atoms with van der Waals surface area (Å²) in [6, 6.07) is 11.9. The van der Waals surface area contributed by atoms with Crippen LogP contribution in [0.25, 0.3) is 5.69 Å². The smallest absolute Gasteiger partial charge is 0.251 e. The van der Waals surface area contributed by atoms with E-state index in [1.807, 2.05) is 42.0 Å². The normalized spacial score (nSPS) is 15.7. The zero-order valence-corrected chi connectivity index (χ0v) is 18.6. The van der Waals surface area contributed by atoms with Gasteiger partial charge in [-0.2, -0.15) is 4.31 Å². The number of hydrogen-bond acceptors (Lipinski definition) is 4. The van der Waals surface area contributed by atoms with Gasteiger partial charge in [0.15, 0.2) is 0 Å². The fourth-order valence-electron chi connectivity index (χ4n) is 3.62. The Balaban J connectivity index is 1.50. The van der Waals surface area contributed by atoms with Gasteiger partial charge in [0, 0.05) is 36.7 Å². The first-order chi connectivity index (χ1) is 14.9. The molecule has 0 unspecified atom stereocenters. The van der Waals surface area contributed by atoms with Crippen molar-refractivity contribution in [2.24, 2.45) is 0 Å². The van der Waals surface area contributed by atoms with Gasteiger partial charge in [0.05, 0.1) is 17.4 Å². The number of imidazole rings is 1. The summed E-state index contributed by atoms with van der Waals surface area (Å²) < 4.78 is 29.1. The molecule has 3 aromatic rings. The van der Waals surface area contributed by atoms with E-state index < -0.39 is 10.0 Å². The van der Waals surface area contributed by atoms with Crippen LogP contribution < -0.4 is 5.32 Å². The van der Waals surface area contributed by atoms with Gasteiger partial charge < -0.3 is 9.88 Å². The van der Waals surface area contributed by atoms with Gasteiger partial charge in [0.25, 0.3) is 5.91 Å². The molecule has 2 heterocycles. The van der Waals surface area contributed by atoms with Crippen LogP contribution in [0.15, 0.2) is 66.1 Å². The number of halogens is 1. The molecule has 9 heteroatoms. The molecule has 1 aliphatic rings. The van der Waals surface area contributed by atoms with E-state index in [4.69, 9.17) is 11.6 Å². The quantitative estimate of drug-likeness (QED) is 0.608. The van der Waals surface area contributed by atoms with Crippen molar-refractivity contribution in [3.63, 3.8) is 0 Å². The fraction of sp³-hybridized carbons (Fsp3) is 0.273. The Bertz CT molecular complexity index is 1170. The molecule has 2 aromatic carbocycles. The molecule has 0 radical (unpaired) electrons. The first-order valence-corrected chi connectivity index (χ1v) is 11.9. The highest BCUT2D eigenvalue weighted by Crippen LogP contribution is 2.28. The Morgan fingerprint density at radius 2 is 1.84 bits per heavy atom. The summed E-state index contributed by atoms with van der Waals surface area (Å²) in [5.74, 6) is -0.360. The largest absolute Gasteiger partial charge is 0.346 e. The van der Waals surface area contributed by atoms with Gasteiger partial charge in [-0.1, -0.05) is 23.7 Å². The van der Waals surface area contributed by atoms with E-state index in [0.29, 0.717) is 13.1 Å². The number of carbonyl (C=O) groups is 1. The van der Waals surface area contributed by atoms with E-state index in [-0.39, 0.29) is 27.4 Å². The minimum Gasteiger partial charge on any atom is -0.346 e. The Morgan fingerprint density at radius 1 is 1.13 bits per heavy atom. The molecule has 0 saturated carbocycles. The number of sulfonamides is 1. The fourth-order valence-corrected chi connectivity index (χ4v) is 5.64. The van der Waals surface area contributed by atoms with E-state index in [0.717, 1.165) is 24.1 Å². The van der Waals surface area contributed by atoms with Crippen molar-refractivity contribution in [1.29, 1.82) is 0 Å². The summed E-state index contributed by atoms with van der Waals surface area (Å²) in [5.41, 5.74) is 2.15. The minimum atomic E-state index is -3.72. The summed E-state index contributed by atoms with van der Waals surface area (Å²) >= 11 is 6.18.